The van der Waals surface area contributed by atoms with E-state index in [1.807, 2.05) is 33.7 Å². The molecule has 1 aliphatic heterocycles. The summed E-state index contributed by atoms with van der Waals surface area (Å²) in [5.74, 6) is 4.03. The van der Waals surface area contributed by atoms with Crippen LogP contribution in [-0.2, 0) is 6.42 Å². The molecule has 1 aromatic carbocycles. The average Bonchev–Trinajstić information content (AvgIpc) is 2.41. The summed E-state index contributed by atoms with van der Waals surface area (Å²) in [4.78, 5) is 0. The molecule has 1 heterocycles. The van der Waals surface area contributed by atoms with Crippen molar-refractivity contribution >= 4 is 21.6 Å². The topological polar surface area (TPSA) is 18.5 Å². The molecule has 0 aromatic heterocycles. The van der Waals surface area contributed by atoms with E-state index in [9.17, 15) is 0 Å². The molecule has 1 aromatic rings. The van der Waals surface area contributed by atoms with Crippen molar-refractivity contribution in [3.63, 3.8) is 0 Å². The SMILES string of the molecule is C=CCc1ccc2c(c1)OCCCSSCCCO2. The molecule has 2 nitrogen and oxygen atoms in total. The first-order valence-electron chi connectivity index (χ1n) is 6.64. The monoisotopic (exact) mass is 296 g/mol. The van der Waals surface area contributed by atoms with Crippen LogP contribution in [0.4, 0.5) is 0 Å². The van der Waals surface area contributed by atoms with Crippen LogP contribution in [0.2, 0.25) is 0 Å². The molecule has 0 amide bonds. The molecule has 0 bridgehead atoms. The molecule has 0 N–H and O–H groups in total. The standard InChI is InChI=1S/C15H20O2S2/c1-2-5-13-6-7-14-15(12-13)17-9-4-11-19-18-10-3-8-16-14/h2,6-7,12H,1,3-5,8-11H2. The van der Waals surface area contributed by atoms with Gasteiger partial charge in [0.25, 0.3) is 0 Å². The molecule has 0 radical (unpaired) electrons. The minimum Gasteiger partial charge on any atom is -0.490 e. The van der Waals surface area contributed by atoms with Crippen LogP contribution in [0, 0.1) is 0 Å². The van der Waals surface area contributed by atoms with Crippen LogP contribution in [0.25, 0.3) is 0 Å². The molecule has 0 spiro atoms. The molecule has 4 heteroatoms. The maximum atomic E-state index is 5.87. The highest BCUT2D eigenvalue weighted by Gasteiger charge is 2.07. The Morgan fingerprint density at radius 3 is 2.42 bits per heavy atom. The van der Waals surface area contributed by atoms with Crippen LogP contribution in [0.15, 0.2) is 30.9 Å². The molecule has 19 heavy (non-hydrogen) atoms. The zero-order chi connectivity index (χ0) is 13.3. The van der Waals surface area contributed by atoms with Gasteiger partial charge in [-0.1, -0.05) is 33.7 Å². The summed E-state index contributed by atoms with van der Waals surface area (Å²) < 4.78 is 11.7. The summed E-state index contributed by atoms with van der Waals surface area (Å²) in [6, 6.07) is 6.17. The number of fused-ring (bicyclic) bond motifs is 1. The van der Waals surface area contributed by atoms with Crippen molar-refractivity contribution in [1.29, 1.82) is 0 Å². The zero-order valence-corrected chi connectivity index (χ0v) is 12.7. The molecular formula is C15H20O2S2. The fraction of sp³-hybridized carbons (Fsp3) is 0.467. The van der Waals surface area contributed by atoms with Gasteiger partial charge in [0.1, 0.15) is 0 Å². The van der Waals surface area contributed by atoms with Gasteiger partial charge in [-0.3, -0.25) is 0 Å². The summed E-state index contributed by atoms with van der Waals surface area (Å²) in [5.41, 5.74) is 1.22. The van der Waals surface area contributed by atoms with Crippen molar-refractivity contribution in [2.24, 2.45) is 0 Å². The number of rotatable bonds is 2. The lowest BCUT2D eigenvalue weighted by Gasteiger charge is -2.15. The Hall–Kier alpha value is -0.740. The molecule has 104 valence electrons. The van der Waals surface area contributed by atoms with Crippen LogP contribution < -0.4 is 9.47 Å². The molecule has 1 aliphatic rings. The summed E-state index contributed by atoms with van der Waals surface area (Å²) in [6.07, 6.45) is 4.92. The van der Waals surface area contributed by atoms with E-state index in [1.165, 1.54) is 5.56 Å². The quantitative estimate of drug-likeness (QED) is 0.596. The highest BCUT2D eigenvalue weighted by Crippen LogP contribution is 2.30. The van der Waals surface area contributed by atoms with Crippen LogP contribution in [0.1, 0.15) is 18.4 Å². The van der Waals surface area contributed by atoms with Crippen molar-refractivity contribution < 1.29 is 9.47 Å². The molecular weight excluding hydrogens is 276 g/mol. The Morgan fingerprint density at radius 1 is 1.05 bits per heavy atom. The highest BCUT2D eigenvalue weighted by molar-refractivity contribution is 8.76. The largest absolute Gasteiger partial charge is 0.490 e. The summed E-state index contributed by atoms with van der Waals surface area (Å²) in [6.45, 7) is 5.28. The zero-order valence-electron chi connectivity index (χ0n) is 11.1. The first-order valence-corrected chi connectivity index (χ1v) is 9.13. The smallest absolute Gasteiger partial charge is 0.161 e. The van der Waals surface area contributed by atoms with E-state index in [4.69, 9.17) is 9.47 Å². The Bertz CT molecular complexity index is 407. The first kappa shape index (κ1) is 14.7. The molecule has 0 aliphatic carbocycles. The average molecular weight is 296 g/mol. The third-order valence-electron chi connectivity index (χ3n) is 2.73. The van der Waals surface area contributed by atoms with Crippen LogP contribution >= 0.6 is 21.6 Å². The van der Waals surface area contributed by atoms with E-state index in [2.05, 4.69) is 18.7 Å². The van der Waals surface area contributed by atoms with Crippen LogP contribution in [0.3, 0.4) is 0 Å². The van der Waals surface area contributed by atoms with Crippen molar-refractivity contribution in [1.82, 2.24) is 0 Å². The van der Waals surface area contributed by atoms with Gasteiger partial charge in [-0.25, -0.2) is 0 Å². The van der Waals surface area contributed by atoms with Crippen molar-refractivity contribution in [2.75, 3.05) is 24.7 Å². The van der Waals surface area contributed by atoms with E-state index in [1.54, 1.807) is 0 Å². The number of benzene rings is 1. The van der Waals surface area contributed by atoms with Gasteiger partial charge in [0.05, 0.1) is 13.2 Å². The van der Waals surface area contributed by atoms with Gasteiger partial charge in [-0.2, -0.15) is 0 Å². The van der Waals surface area contributed by atoms with Crippen molar-refractivity contribution in [3.8, 4) is 11.5 Å². The third kappa shape index (κ3) is 5.03. The fourth-order valence-corrected chi connectivity index (χ4v) is 3.92. The Labute approximate surface area is 123 Å². The molecule has 0 fully saturated rings. The van der Waals surface area contributed by atoms with Crippen LogP contribution in [-0.4, -0.2) is 24.7 Å². The van der Waals surface area contributed by atoms with E-state index < -0.39 is 0 Å². The second-order valence-electron chi connectivity index (χ2n) is 4.32. The summed E-state index contributed by atoms with van der Waals surface area (Å²) in [5, 5.41) is 0. The fourth-order valence-electron chi connectivity index (χ4n) is 1.80. The van der Waals surface area contributed by atoms with Crippen LogP contribution in [0.5, 0.6) is 11.5 Å². The maximum absolute atomic E-state index is 5.87. The first-order chi connectivity index (χ1) is 9.40. The lowest BCUT2D eigenvalue weighted by atomic mass is 10.1. The Balaban J connectivity index is 2.08. The van der Waals surface area contributed by atoms with Crippen molar-refractivity contribution in [2.45, 2.75) is 19.3 Å². The number of ether oxygens (including phenoxy) is 2. The minimum atomic E-state index is 0.751. The van der Waals surface area contributed by atoms with Gasteiger partial charge in [0.2, 0.25) is 0 Å². The van der Waals surface area contributed by atoms with Gasteiger partial charge in [-0.05, 0) is 37.0 Å². The predicted octanol–water partition coefficient (Wildman–Crippen LogP) is 4.35. The summed E-state index contributed by atoms with van der Waals surface area (Å²) in [7, 11) is 3.86. The molecule has 0 unspecified atom stereocenters. The molecule has 2 rings (SSSR count). The molecule has 0 saturated carbocycles. The predicted molar refractivity (Wildman–Crippen MR) is 85.5 cm³/mol. The normalized spacial score (nSPS) is 17.1. The lowest BCUT2D eigenvalue weighted by Crippen LogP contribution is -2.05. The maximum Gasteiger partial charge on any atom is 0.161 e. The van der Waals surface area contributed by atoms with Gasteiger partial charge in [-0.15, -0.1) is 6.58 Å². The Morgan fingerprint density at radius 2 is 1.74 bits per heavy atom. The third-order valence-corrected chi connectivity index (χ3v) is 5.31. The highest BCUT2D eigenvalue weighted by atomic mass is 33.1. The second kappa shape index (κ2) is 8.43. The van der Waals surface area contributed by atoms with Gasteiger partial charge in [0, 0.05) is 11.5 Å². The number of allylic oxidation sites excluding steroid dienone is 1. The second-order valence-corrected chi connectivity index (χ2v) is 7.02. The molecule has 0 atom stereocenters. The van der Waals surface area contributed by atoms with Gasteiger partial charge < -0.3 is 9.47 Å². The van der Waals surface area contributed by atoms with Gasteiger partial charge >= 0.3 is 0 Å². The lowest BCUT2D eigenvalue weighted by molar-refractivity contribution is 0.269. The van der Waals surface area contributed by atoms with E-state index >= 15 is 0 Å². The van der Waals surface area contributed by atoms with E-state index in [0.717, 1.165) is 55.5 Å². The molecule has 0 saturated heterocycles. The van der Waals surface area contributed by atoms with E-state index in [-0.39, 0.29) is 0 Å². The van der Waals surface area contributed by atoms with Crippen molar-refractivity contribution in [3.05, 3.63) is 36.4 Å². The number of hydrogen-bond donors (Lipinski definition) is 0. The summed E-state index contributed by atoms with van der Waals surface area (Å²) >= 11 is 0. The van der Waals surface area contributed by atoms with E-state index in [0.29, 0.717) is 0 Å². The number of hydrogen-bond acceptors (Lipinski definition) is 4. The Kier molecular flexibility index (Phi) is 6.51. The van der Waals surface area contributed by atoms with Gasteiger partial charge in [0.15, 0.2) is 11.5 Å². The minimum absolute atomic E-state index is 0.751.